The van der Waals surface area contributed by atoms with Crippen LogP contribution < -0.4 is 21.1 Å². The maximum absolute atomic E-state index is 12.5. The third kappa shape index (κ3) is 2.72. The summed E-state index contributed by atoms with van der Waals surface area (Å²) < 4.78 is 5.13. The molecule has 4 N–H and O–H groups in total. The van der Waals surface area contributed by atoms with Gasteiger partial charge in [0.25, 0.3) is 0 Å². The Morgan fingerprint density at radius 2 is 2.14 bits per heavy atom. The maximum Gasteiger partial charge on any atom is 0.244 e. The molecule has 7 heteroatoms. The molecule has 1 fully saturated rings. The van der Waals surface area contributed by atoms with Crippen LogP contribution in [0.4, 0.5) is 5.69 Å². The Labute approximate surface area is 128 Å². The zero-order valence-corrected chi connectivity index (χ0v) is 12.4. The smallest absolute Gasteiger partial charge is 0.244 e. The normalized spacial score (nSPS) is 17.2. The number of nitrogens with one attached hydrogen (secondary N) is 2. The summed E-state index contributed by atoms with van der Waals surface area (Å²) in [5.74, 6) is 0.284. The largest absolute Gasteiger partial charge is 0.481 e. The summed E-state index contributed by atoms with van der Waals surface area (Å²) in [5.41, 5.74) is 7.27. The molecule has 0 spiro atoms. The van der Waals surface area contributed by atoms with Crippen molar-refractivity contribution >= 4 is 22.6 Å². The number of nitrogens with zero attached hydrogens (tertiary/aromatic N) is 2. The summed E-state index contributed by atoms with van der Waals surface area (Å²) in [7, 11) is 1.55. The summed E-state index contributed by atoms with van der Waals surface area (Å²) in [5, 5.41) is 6.10. The lowest BCUT2D eigenvalue weighted by Crippen LogP contribution is -2.56. The highest BCUT2D eigenvalue weighted by Gasteiger charge is 2.35. The van der Waals surface area contributed by atoms with Crippen LogP contribution in [0.15, 0.2) is 24.4 Å². The Bertz CT molecular complexity index is 697. The van der Waals surface area contributed by atoms with Crippen LogP contribution in [0.5, 0.6) is 5.88 Å². The standard InChI is InChI=1S/C15H19N5O2/c1-22-12-3-2-10-13(20-12)11(4-7-18-10)19-14(21)15(16)5-8-17-9-6-15/h2-4,7,17H,5-6,8-9,16H2,1H3,(H,18,19,21). The predicted molar refractivity (Wildman–Crippen MR) is 83.7 cm³/mol. The van der Waals surface area contributed by atoms with Crippen LogP contribution in [-0.2, 0) is 4.79 Å². The number of anilines is 1. The first-order valence-corrected chi connectivity index (χ1v) is 7.23. The van der Waals surface area contributed by atoms with Gasteiger partial charge >= 0.3 is 0 Å². The molecule has 0 saturated carbocycles. The van der Waals surface area contributed by atoms with Crippen molar-refractivity contribution in [3.05, 3.63) is 24.4 Å². The van der Waals surface area contributed by atoms with E-state index in [9.17, 15) is 4.79 Å². The average molecular weight is 301 g/mol. The molecule has 1 aliphatic heterocycles. The molecule has 0 radical (unpaired) electrons. The van der Waals surface area contributed by atoms with E-state index in [2.05, 4.69) is 20.6 Å². The molecular formula is C15H19N5O2. The number of fused-ring (bicyclic) bond motifs is 1. The van der Waals surface area contributed by atoms with Crippen molar-refractivity contribution in [2.45, 2.75) is 18.4 Å². The number of methoxy groups -OCH3 is 1. The maximum atomic E-state index is 12.5. The average Bonchev–Trinajstić information content (AvgIpc) is 2.55. The topological polar surface area (TPSA) is 102 Å². The second-order valence-electron chi connectivity index (χ2n) is 5.44. The fourth-order valence-corrected chi connectivity index (χ4v) is 2.57. The van der Waals surface area contributed by atoms with Crippen molar-refractivity contribution in [2.24, 2.45) is 5.73 Å². The molecule has 1 aliphatic rings. The zero-order chi connectivity index (χ0) is 15.6. The monoisotopic (exact) mass is 301 g/mol. The van der Waals surface area contributed by atoms with Crippen molar-refractivity contribution in [3.8, 4) is 5.88 Å². The molecular weight excluding hydrogens is 282 g/mol. The SMILES string of the molecule is COc1ccc2nccc(NC(=O)C3(N)CCNCC3)c2n1. The molecule has 1 amide bonds. The predicted octanol–water partition coefficient (Wildman–Crippen LogP) is 0.658. The number of carbonyl (C=O) groups excluding carboxylic acids is 1. The number of nitrogens with two attached hydrogens (primary N) is 1. The number of ether oxygens (including phenoxy) is 1. The molecule has 3 heterocycles. The van der Waals surface area contributed by atoms with Gasteiger partial charge in [0.05, 0.1) is 23.9 Å². The van der Waals surface area contributed by atoms with Crippen LogP contribution in [0.2, 0.25) is 0 Å². The van der Waals surface area contributed by atoms with E-state index >= 15 is 0 Å². The van der Waals surface area contributed by atoms with E-state index in [1.165, 1.54) is 0 Å². The Morgan fingerprint density at radius 3 is 2.86 bits per heavy atom. The Balaban J connectivity index is 1.91. The van der Waals surface area contributed by atoms with Crippen molar-refractivity contribution < 1.29 is 9.53 Å². The molecule has 0 bridgehead atoms. The molecule has 0 aliphatic carbocycles. The van der Waals surface area contributed by atoms with Crippen LogP contribution in [0.1, 0.15) is 12.8 Å². The number of carbonyl (C=O) groups is 1. The van der Waals surface area contributed by atoms with Crippen LogP contribution in [-0.4, -0.2) is 41.6 Å². The van der Waals surface area contributed by atoms with Crippen molar-refractivity contribution in [1.82, 2.24) is 15.3 Å². The minimum atomic E-state index is -0.848. The number of hydrogen-bond donors (Lipinski definition) is 3. The second kappa shape index (κ2) is 5.86. The van der Waals surface area contributed by atoms with Crippen LogP contribution >= 0.6 is 0 Å². The van der Waals surface area contributed by atoms with E-state index in [-0.39, 0.29) is 5.91 Å². The minimum absolute atomic E-state index is 0.189. The first-order chi connectivity index (χ1) is 10.6. The highest BCUT2D eigenvalue weighted by atomic mass is 16.5. The Hall–Kier alpha value is -2.25. The quantitative estimate of drug-likeness (QED) is 0.769. The van der Waals surface area contributed by atoms with Gasteiger partial charge in [-0.15, -0.1) is 0 Å². The molecule has 7 nitrogen and oxygen atoms in total. The summed E-state index contributed by atoms with van der Waals surface area (Å²) in [6.07, 6.45) is 2.86. The van der Waals surface area contributed by atoms with E-state index in [0.29, 0.717) is 35.4 Å². The van der Waals surface area contributed by atoms with Crippen molar-refractivity contribution in [2.75, 3.05) is 25.5 Å². The van der Waals surface area contributed by atoms with Gasteiger partial charge in [0, 0.05) is 12.3 Å². The number of aromatic nitrogens is 2. The minimum Gasteiger partial charge on any atom is -0.481 e. The number of rotatable bonds is 3. The summed E-state index contributed by atoms with van der Waals surface area (Å²) in [6.45, 7) is 1.49. The van der Waals surface area contributed by atoms with Gasteiger partial charge in [0.15, 0.2) is 0 Å². The lowest BCUT2D eigenvalue weighted by atomic mass is 9.88. The van der Waals surface area contributed by atoms with Crippen LogP contribution in [0, 0.1) is 0 Å². The first-order valence-electron chi connectivity index (χ1n) is 7.23. The van der Waals surface area contributed by atoms with Gasteiger partial charge < -0.3 is 21.1 Å². The molecule has 116 valence electrons. The molecule has 0 unspecified atom stereocenters. The van der Waals surface area contributed by atoms with Gasteiger partial charge in [-0.25, -0.2) is 4.98 Å². The summed E-state index contributed by atoms with van der Waals surface area (Å²) >= 11 is 0. The highest BCUT2D eigenvalue weighted by Crippen LogP contribution is 2.24. The zero-order valence-electron chi connectivity index (χ0n) is 12.4. The van der Waals surface area contributed by atoms with E-state index in [4.69, 9.17) is 10.5 Å². The lowest BCUT2D eigenvalue weighted by molar-refractivity contribution is -0.122. The van der Waals surface area contributed by atoms with Crippen LogP contribution in [0.25, 0.3) is 11.0 Å². The van der Waals surface area contributed by atoms with E-state index in [1.807, 2.05) is 0 Å². The molecule has 3 rings (SSSR count). The van der Waals surface area contributed by atoms with Crippen molar-refractivity contribution in [3.63, 3.8) is 0 Å². The van der Waals surface area contributed by atoms with Gasteiger partial charge in [-0.1, -0.05) is 0 Å². The van der Waals surface area contributed by atoms with Gasteiger partial charge in [0.2, 0.25) is 11.8 Å². The van der Waals surface area contributed by atoms with E-state index in [1.54, 1.807) is 31.5 Å². The molecule has 22 heavy (non-hydrogen) atoms. The lowest BCUT2D eigenvalue weighted by Gasteiger charge is -2.32. The van der Waals surface area contributed by atoms with Gasteiger partial charge in [-0.3, -0.25) is 9.78 Å². The van der Waals surface area contributed by atoms with Gasteiger partial charge in [-0.05, 0) is 38.1 Å². The summed E-state index contributed by atoms with van der Waals surface area (Å²) in [6, 6.07) is 5.26. The molecule has 2 aromatic heterocycles. The fourth-order valence-electron chi connectivity index (χ4n) is 2.57. The first kappa shape index (κ1) is 14.7. The molecule has 0 atom stereocenters. The highest BCUT2D eigenvalue weighted by molar-refractivity contribution is 6.03. The van der Waals surface area contributed by atoms with Crippen molar-refractivity contribution in [1.29, 1.82) is 0 Å². The molecule has 1 saturated heterocycles. The number of piperidine rings is 1. The van der Waals surface area contributed by atoms with Gasteiger partial charge in [0.1, 0.15) is 5.52 Å². The third-order valence-electron chi connectivity index (χ3n) is 3.96. The van der Waals surface area contributed by atoms with E-state index < -0.39 is 5.54 Å². The number of hydrogen-bond acceptors (Lipinski definition) is 6. The number of amides is 1. The Kier molecular flexibility index (Phi) is 3.91. The molecule has 0 aromatic carbocycles. The molecule has 2 aromatic rings. The number of pyridine rings is 2. The van der Waals surface area contributed by atoms with E-state index in [0.717, 1.165) is 13.1 Å². The fraction of sp³-hybridized carbons (Fsp3) is 0.400. The van der Waals surface area contributed by atoms with Gasteiger partial charge in [-0.2, -0.15) is 0 Å². The van der Waals surface area contributed by atoms with Crippen LogP contribution in [0.3, 0.4) is 0 Å². The summed E-state index contributed by atoms with van der Waals surface area (Å²) in [4.78, 5) is 21.1. The Morgan fingerprint density at radius 1 is 1.36 bits per heavy atom. The second-order valence-corrected chi connectivity index (χ2v) is 5.44. The third-order valence-corrected chi connectivity index (χ3v) is 3.96.